The number of aliphatic hydroxyl groups is 1. The van der Waals surface area contributed by atoms with Crippen LogP contribution in [0.5, 0.6) is 0 Å². The topological polar surface area (TPSA) is 71.9 Å². The number of amides is 1. The van der Waals surface area contributed by atoms with E-state index in [4.69, 9.17) is 9.47 Å². The fourth-order valence-corrected chi connectivity index (χ4v) is 4.91. The van der Waals surface area contributed by atoms with Gasteiger partial charge < -0.3 is 14.6 Å². The number of hydrogen-bond acceptors (Lipinski definition) is 5. The first kappa shape index (κ1) is 23.0. The van der Waals surface area contributed by atoms with Gasteiger partial charge in [0.15, 0.2) is 0 Å². The highest BCUT2D eigenvalue weighted by molar-refractivity contribution is 5.70. The summed E-state index contributed by atoms with van der Waals surface area (Å²) in [7, 11) is 0. The smallest absolute Gasteiger partial charge is 0.412 e. The minimum atomic E-state index is -0.787. The normalized spacial score (nSPS) is 25.9. The molecule has 2 fully saturated rings. The molecule has 6 heteroatoms. The molecule has 0 spiro atoms. The van der Waals surface area contributed by atoms with Crippen LogP contribution in [-0.2, 0) is 9.47 Å². The van der Waals surface area contributed by atoms with E-state index in [1.54, 1.807) is 17.3 Å². The SMILES string of the molecule is CC(C)(C)OC(=O)N1C(CC2CCCCC2)C(C[C@H](O)c2ccncc2)OC1(C)C. The molecule has 1 N–H and O–H groups in total. The lowest BCUT2D eigenvalue weighted by molar-refractivity contribution is -0.0851. The summed E-state index contributed by atoms with van der Waals surface area (Å²) in [4.78, 5) is 19.0. The summed E-state index contributed by atoms with van der Waals surface area (Å²) in [5, 5.41) is 10.8. The number of aliphatic hydroxyl groups excluding tert-OH is 1. The minimum Gasteiger partial charge on any atom is -0.444 e. The van der Waals surface area contributed by atoms with E-state index in [-0.39, 0.29) is 18.2 Å². The Hall–Kier alpha value is -1.66. The van der Waals surface area contributed by atoms with Crippen molar-refractivity contribution in [3.8, 4) is 0 Å². The third-order valence-electron chi connectivity index (χ3n) is 6.22. The van der Waals surface area contributed by atoms with Crippen LogP contribution in [-0.4, -0.2) is 44.6 Å². The molecule has 0 bridgehead atoms. The van der Waals surface area contributed by atoms with Crippen molar-refractivity contribution in [1.82, 2.24) is 9.88 Å². The summed E-state index contributed by atoms with van der Waals surface area (Å²) in [5.74, 6) is 0.576. The number of pyridine rings is 1. The van der Waals surface area contributed by atoms with E-state index < -0.39 is 17.4 Å². The Labute approximate surface area is 181 Å². The van der Waals surface area contributed by atoms with Gasteiger partial charge in [0.1, 0.15) is 11.3 Å². The molecule has 3 atom stereocenters. The average molecular weight is 419 g/mol. The third-order valence-corrected chi connectivity index (χ3v) is 6.22. The quantitative estimate of drug-likeness (QED) is 0.710. The molecule has 1 aliphatic carbocycles. The molecule has 30 heavy (non-hydrogen) atoms. The summed E-state index contributed by atoms with van der Waals surface area (Å²) in [6, 6.07) is 3.54. The van der Waals surface area contributed by atoms with E-state index in [0.717, 1.165) is 12.0 Å². The molecule has 1 aromatic heterocycles. The second-order valence-electron chi connectivity index (χ2n) is 10.3. The summed E-state index contributed by atoms with van der Waals surface area (Å²) in [5.41, 5.74) is -0.542. The van der Waals surface area contributed by atoms with Gasteiger partial charge in [-0.1, -0.05) is 32.1 Å². The highest BCUT2D eigenvalue weighted by Crippen LogP contribution is 2.41. The predicted octanol–water partition coefficient (Wildman–Crippen LogP) is 5.22. The first-order chi connectivity index (χ1) is 14.1. The predicted molar refractivity (Wildman–Crippen MR) is 116 cm³/mol. The van der Waals surface area contributed by atoms with Crippen LogP contribution in [0.1, 0.15) is 91.2 Å². The molecule has 2 aliphatic rings. The van der Waals surface area contributed by atoms with Crippen molar-refractivity contribution in [2.45, 2.75) is 109 Å². The molecule has 6 nitrogen and oxygen atoms in total. The van der Waals surface area contributed by atoms with Gasteiger partial charge in [0.05, 0.1) is 18.2 Å². The number of nitrogens with zero attached hydrogens (tertiary/aromatic N) is 2. The molecule has 1 aliphatic heterocycles. The molecular weight excluding hydrogens is 380 g/mol. The van der Waals surface area contributed by atoms with Gasteiger partial charge in [0.2, 0.25) is 0 Å². The monoisotopic (exact) mass is 418 g/mol. The number of carbonyl (C=O) groups excluding carboxylic acids is 1. The molecule has 0 aromatic carbocycles. The molecule has 2 unspecified atom stereocenters. The van der Waals surface area contributed by atoms with Gasteiger partial charge in [-0.2, -0.15) is 0 Å². The van der Waals surface area contributed by atoms with Crippen molar-refractivity contribution in [3.05, 3.63) is 30.1 Å². The Morgan fingerprint density at radius 2 is 1.90 bits per heavy atom. The van der Waals surface area contributed by atoms with Crippen LogP contribution in [0.4, 0.5) is 4.79 Å². The third kappa shape index (κ3) is 5.73. The standard InChI is InChI=1S/C24H38N2O4/c1-23(2,3)30-22(28)26-19(15-17-9-7-6-8-10-17)21(29-24(26,4)5)16-20(27)18-11-13-25-14-12-18/h11-14,17,19-21,27H,6-10,15-16H2,1-5H3/t19?,20-,21?/m0/s1. The van der Waals surface area contributed by atoms with Crippen LogP contribution in [0, 0.1) is 5.92 Å². The minimum absolute atomic E-state index is 0.116. The summed E-state index contributed by atoms with van der Waals surface area (Å²) in [6.45, 7) is 9.49. The maximum Gasteiger partial charge on any atom is 0.412 e. The lowest BCUT2D eigenvalue weighted by Gasteiger charge is -2.37. The Bertz CT molecular complexity index is 695. The van der Waals surface area contributed by atoms with Crippen molar-refractivity contribution in [2.24, 2.45) is 5.92 Å². The molecule has 3 rings (SSSR count). The van der Waals surface area contributed by atoms with Gasteiger partial charge in [0.25, 0.3) is 0 Å². The van der Waals surface area contributed by atoms with Gasteiger partial charge in [0, 0.05) is 18.8 Å². The molecule has 168 valence electrons. The van der Waals surface area contributed by atoms with Gasteiger partial charge in [-0.05, 0) is 64.7 Å². The van der Waals surface area contributed by atoms with Crippen molar-refractivity contribution in [1.29, 1.82) is 0 Å². The van der Waals surface area contributed by atoms with Crippen LogP contribution in [0.15, 0.2) is 24.5 Å². The lowest BCUT2D eigenvalue weighted by atomic mass is 9.82. The average Bonchev–Trinajstić information content (AvgIpc) is 2.91. The van der Waals surface area contributed by atoms with E-state index in [1.807, 2.05) is 46.8 Å². The van der Waals surface area contributed by atoms with Crippen LogP contribution in [0.25, 0.3) is 0 Å². The van der Waals surface area contributed by atoms with Gasteiger partial charge in [-0.15, -0.1) is 0 Å². The summed E-state index contributed by atoms with van der Waals surface area (Å²) >= 11 is 0. The van der Waals surface area contributed by atoms with E-state index in [0.29, 0.717) is 12.3 Å². The van der Waals surface area contributed by atoms with Crippen LogP contribution in [0.3, 0.4) is 0 Å². The molecule has 1 amide bonds. The molecular formula is C24H38N2O4. The number of aromatic nitrogens is 1. The summed E-state index contributed by atoms with van der Waals surface area (Å²) < 4.78 is 12.1. The molecule has 0 radical (unpaired) electrons. The Balaban J connectivity index is 1.83. The van der Waals surface area contributed by atoms with E-state index in [9.17, 15) is 9.90 Å². The maximum absolute atomic E-state index is 13.2. The Kier molecular flexibility index (Phi) is 7.08. The molecule has 1 saturated carbocycles. The molecule has 1 aromatic rings. The van der Waals surface area contributed by atoms with Gasteiger partial charge in [-0.25, -0.2) is 4.79 Å². The Morgan fingerprint density at radius 3 is 2.50 bits per heavy atom. The number of rotatable bonds is 5. The number of hydrogen-bond donors (Lipinski definition) is 1. The van der Waals surface area contributed by atoms with Crippen molar-refractivity contribution in [3.63, 3.8) is 0 Å². The van der Waals surface area contributed by atoms with E-state index >= 15 is 0 Å². The second kappa shape index (κ2) is 9.23. The number of ether oxygens (including phenoxy) is 2. The first-order valence-electron chi connectivity index (χ1n) is 11.3. The van der Waals surface area contributed by atoms with E-state index in [1.165, 1.54) is 32.1 Å². The Morgan fingerprint density at radius 1 is 1.27 bits per heavy atom. The van der Waals surface area contributed by atoms with Crippen LogP contribution < -0.4 is 0 Å². The fraction of sp³-hybridized carbons (Fsp3) is 0.750. The second-order valence-corrected chi connectivity index (χ2v) is 10.3. The van der Waals surface area contributed by atoms with Crippen LogP contribution in [0.2, 0.25) is 0 Å². The fourth-order valence-electron chi connectivity index (χ4n) is 4.91. The zero-order valence-corrected chi connectivity index (χ0v) is 19.1. The van der Waals surface area contributed by atoms with Gasteiger partial charge >= 0.3 is 6.09 Å². The highest BCUT2D eigenvalue weighted by atomic mass is 16.6. The lowest BCUT2D eigenvalue weighted by Crippen LogP contribution is -2.50. The largest absolute Gasteiger partial charge is 0.444 e. The first-order valence-corrected chi connectivity index (χ1v) is 11.3. The maximum atomic E-state index is 13.2. The van der Waals surface area contributed by atoms with Crippen molar-refractivity contribution >= 4 is 6.09 Å². The number of carbonyl (C=O) groups is 1. The van der Waals surface area contributed by atoms with Crippen molar-refractivity contribution in [2.75, 3.05) is 0 Å². The zero-order valence-electron chi connectivity index (χ0n) is 19.1. The molecule has 2 heterocycles. The van der Waals surface area contributed by atoms with E-state index in [2.05, 4.69) is 4.98 Å². The van der Waals surface area contributed by atoms with Gasteiger partial charge in [-0.3, -0.25) is 9.88 Å². The van der Waals surface area contributed by atoms with Crippen LogP contribution >= 0.6 is 0 Å². The summed E-state index contributed by atoms with van der Waals surface area (Å²) in [6.07, 6.45) is 9.61. The van der Waals surface area contributed by atoms with Crippen molar-refractivity contribution < 1.29 is 19.4 Å². The molecule has 1 saturated heterocycles. The highest BCUT2D eigenvalue weighted by Gasteiger charge is 2.51. The zero-order chi connectivity index (χ0) is 21.9.